The molecule has 1 aromatic carbocycles. The Balaban J connectivity index is 2.33. The van der Waals surface area contributed by atoms with E-state index in [2.05, 4.69) is 18.7 Å². The number of ether oxygens (including phenoxy) is 1. The number of rotatable bonds is 7. The Morgan fingerprint density at radius 1 is 1.24 bits per heavy atom. The minimum atomic E-state index is 0.721. The standard InChI is InChI=1S/C14H24N2O/c1-4-16(5-2)9-6-10-17-14-11-12(3)7-8-13(14)15/h7-8,11H,4-6,9-10,15H2,1-3H3. The number of aryl methyl sites for hydroxylation is 1. The first-order valence-electron chi connectivity index (χ1n) is 6.38. The molecule has 3 nitrogen and oxygen atoms in total. The summed E-state index contributed by atoms with van der Waals surface area (Å²) in [6, 6.07) is 5.89. The van der Waals surface area contributed by atoms with Crippen molar-refractivity contribution in [2.75, 3.05) is 32.0 Å². The number of hydrogen-bond acceptors (Lipinski definition) is 3. The van der Waals surface area contributed by atoms with Crippen LogP contribution >= 0.6 is 0 Å². The third-order valence-corrected chi connectivity index (χ3v) is 2.94. The fourth-order valence-corrected chi connectivity index (χ4v) is 1.78. The van der Waals surface area contributed by atoms with Crippen molar-refractivity contribution in [3.05, 3.63) is 23.8 Å². The summed E-state index contributed by atoms with van der Waals surface area (Å²) in [6.07, 6.45) is 1.04. The maximum Gasteiger partial charge on any atom is 0.142 e. The van der Waals surface area contributed by atoms with E-state index in [0.29, 0.717) is 0 Å². The molecule has 17 heavy (non-hydrogen) atoms. The van der Waals surface area contributed by atoms with E-state index in [9.17, 15) is 0 Å². The van der Waals surface area contributed by atoms with Crippen LogP contribution in [0.2, 0.25) is 0 Å². The average molecular weight is 236 g/mol. The minimum Gasteiger partial charge on any atom is -0.491 e. The summed E-state index contributed by atoms with van der Waals surface area (Å²) in [7, 11) is 0. The Labute approximate surface area is 105 Å². The third kappa shape index (κ3) is 4.65. The molecular formula is C14H24N2O. The normalized spacial score (nSPS) is 10.8. The van der Waals surface area contributed by atoms with Gasteiger partial charge in [0.15, 0.2) is 0 Å². The van der Waals surface area contributed by atoms with Crippen LogP contribution in [0.25, 0.3) is 0 Å². The molecule has 0 atom stereocenters. The van der Waals surface area contributed by atoms with Crippen molar-refractivity contribution in [2.45, 2.75) is 27.2 Å². The van der Waals surface area contributed by atoms with Gasteiger partial charge in [0.25, 0.3) is 0 Å². The van der Waals surface area contributed by atoms with Gasteiger partial charge in [0.2, 0.25) is 0 Å². The van der Waals surface area contributed by atoms with Gasteiger partial charge in [-0.05, 0) is 44.1 Å². The molecule has 1 rings (SSSR count). The summed E-state index contributed by atoms with van der Waals surface area (Å²) in [6.45, 7) is 10.4. The van der Waals surface area contributed by atoms with E-state index in [1.54, 1.807) is 0 Å². The summed E-state index contributed by atoms with van der Waals surface area (Å²) in [5, 5.41) is 0. The molecule has 0 aliphatic heterocycles. The Bertz CT molecular complexity index is 335. The van der Waals surface area contributed by atoms with Gasteiger partial charge >= 0.3 is 0 Å². The van der Waals surface area contributed by atoms with Gasteiger partial charge in [0, 0.05) is 6.54 Å². The molecule has 0 saturated carbocycles. The van der Waals surface area contributed by atoms with Crippen molar-refractivity contribution in [2.24, 2.45) is 0 Å². The molecule has 0 spiro atoms. The van der Waals surface area contributed by atoms with Crippen LogP contribution in [0, 0.1) is 6.92 Å². The molecule has 0 radical (unpaired) electrons. The fraction of sp³-hybridized carbons (Fsp3) is 0.571. The fourth-order valence-electron chi connectivity index (χ4n) is 1.78. The summed E-state index contributed by atoms with van der Waals surface area (Å²) >= 11 is 0. The van der Waals surface area contributed by atoms with E-state index in [4.69, 9.17) is 10.5 Å². The lowest BCUT2D eigenvalue weighted by molar-refractivity contribution is 0.250. The van der Waals surface area contributed by atoms with E-state index < -0.39 is 0 Å². The van der Waals surface area contributed by atoms with E-state index in [-0.39, 0.29) is 0 Å². The number of benzene rings is 1. The highest BCUT2D eigenvalue weighted by atomic mass is 16.5. The smallest absolute Gasteiger partial charge is 0.142 e. The predicted octanol–water partition coefficient (Wildman–Crippen LogP) is 2.69. The Morgan fingerprint density at radius 3 is 2.59 bits per heavy atom. The molecule has 2 N–H and O–H groups in total. The second-order valence-electron chi connectivity index (χ2n) is 4.27. The zero-order valence-corrected chi connectivity index (χ0v) is 11.2. The van der Waals surface area contributed by atoms with Crippen molar-refractivity contribution in [3.63, 3.8) is 0 Å². The molecule has 1 aromatic rings. The van der Waals surface area contributed by atoms with Crippen LogP contribution in [0.4, 0.5) is 5.69 Å². The lowest BCUT2D eigenvalue weighted by Gasteiger charge is -2.18. The van der Waals surface area contributed by atoms with Gasteiger partial charge in [-0.15, -0.1) is 0 Å². The van der Waals surface area contributed by atoms with Crippen LogP contribution in [0.1, 0.15) is 25.8 Å². The van der Waals surface area contributed by atoms with E-state index in [0.717, 1.165) is 44.1 Å². The monoisotopic (exact) mass is 236 g/mol. The van der Waals surface area contributed by atoms with Crippen LogP contribution in [0.3, 0.4) is 0 Å². The Kier molecular flexibility index (Phi) is 5.84. The summed E-state index contributed by atoms with van der Waals surface area (Å²) in [5.41, 5.74) is 7.75. The number of anilines is 1. The molecule has 0 aliphatic carbocycles. The quantitative estimate of drug-likeness (QED) is 0.584. The molecule has 0 aliphatic rings. The zero-order chi connectivity index (χ0) is 12.7. The van der Waals surface area contributed by atoms with Crippen molar-refractivity contribution < 1.29 is 4.74 Å². The molecule has 0 aromatic heterocycles. The van der Waals surface area contributed by atoms with E-state index >= 15 is 0 Å². The lowest BCUT2D eigenvalue weighted by atomic mass is 10.2. The third-order valence-electron chi connectivity index (χ3n) is 2.94. The van der Waals surface area contributed by atoms with Crippen LogP contribution in [-0.2, 0) is 0 Å². The van der Waals surface area contributed by atoms with Gasteiger partial charge in [-0.25, -0.2) is 0 Å². The van der Waals surface area contributed by atoms with Crippen LogP contribution in [-0.4, -0.2) is 31.1 Å². The van der Waals surface area contributed by atoms with Crippen LogP contribution in [0.5, 0.6) is 5.75 Å². The number of hydrogen-bond donors (Lipinski definition) is 1. The Morgan fingerprint density at radius 2 is 1.94 bits per heavy atom. The topological polar surface area (TPSA) is 38.5 Å². The molecule has 0 amide bonds. The molecular weight excluding hydrogens is 212 g/mol. The highest BCUT2D eigenvalue weighted by Crippen LogP contribution is 2.22. The zero-order valence-electron chi connectivity index (χ0n) is 11.2. The molecule has 0 unspecified atom stereocenters. The minimum absolute atomic E-state index is 0.721. The molecule has 0 saturated heterocycles. The first-order chi connectivity index (χ1) is 8.17. The van der Waals surface area contributed by atoms with Crippen molar-refractivity contribution in [1.29, 1.82) is 0 Å². The lowest BCUT2D eigenvalue weighted by Crippen LogP contribution is -2.25. The van der Waals surface area contributed by atoms with Crippen LogP contribution < -0.4 is 10.5 Å². The van der Waals surface area contributed by atoms with Gasteiger partial charge in [-0.2, -0.15) is 0 Å². The maximum atomic E-state index is 5.85. The summed E-state index contributed by atoms with van der Waals surface area (Å²) in [4.78, 5) is 2.39. The molecule has 0 heterocycles. The average Bonchev–Trinajstić information content (AvgIpc) is 2.33. The predicted molar refractivity (Wildman–Crippen MR) is 73.5 cm³/mol. The molecule has 0 fully saturated rings. The molecule has 96 valence electrons. The van der Waals surface area contributed by atoms with Crippen molar-refractivity contribution in [1.82, 2.24) is 4.90 Å². The highest BCUT2D eigenvalue weighted by Gasteiger charge is 2.02. The summed E-state index contributed by atoms with van der Waals surface area (Å²) in [5.74, 6) is 0.810. The summed E-state index contributed by atoms with van der Waals surface area (Å²) < 4.78 is 5.71. The number of nitrogens with two attached hydrogens (primary N) is 1. The van der Waals surface area contributed by atoms with E-state index in [1.165, 1.54) is 5.56 Å². The van der Waals surface area contributed by atoms with Crippen molar-refractivity contribution in [3.8, 4) is 5.75 Å². The van der Waals surface area contributed by atoms with Gasteiger partial charge in [0.1, 0.15) is 5.75 Å². The van der Waals surface area contributed by atoms with Gasteiger partial charge in [0.05, 0.1) is 12.3 Å². The van der Waals surface area contributed by atoms with Gasteiger partial charge in [-0.1, -0.05) is 19.9 Å². The van der Waals surface area contributed by atoms with Crippen molar-refractivity contribution >= 4 is 5.69 Å². The second kappa shape index (κ2) is 7.17. The van der Waals surface area contributed by atoms with Gasteiger partial charge in [-0.3, -0.25) is 0 Å². The largest absolute Gasteiger partial charge is 0.491 e. The highest BCUT2D eigenvalue weighted by molar-refractivity contribution is 5.53. The first-order valence-corrected chi connectivity index (χ1v) is 6.38. The Hall–Kier alpha value is -1.22. The van der Waals surface area contributed by atoms with Crippen LogP contribution in [0.15, 0.2) is 18.2 Å². The second-order valence-corrected chi connectivity index (χ2v) is 4.27. The number of nitrogen functional groups attached to an aromatic ring is 1. The first kappa shape index (κ1) is 13.8. The van der Waals surface area contributed by atoms with Gasteiger partial charge < -0.3 is 15.4 Å². The number of nitrogens with zero attached hydrogens (tertiary/aromatic N) is 1. The SMILES string of the molecule is CCN(CC)CCCOc1cc(C)ccc1N. The van der Waals surface area contributed by atoms with E-state index in [1.807, 2.05) is 25.1 Å². The molecule has 3 heteroatoms. The maximum absolute atomic E-state index is 5.85. The molecule has 0 bridgehead atoms.